The molecule has 1 atom stereocenters. The molecule has 1 aromatic rings. The van der Waals surface area contributed by atoms with Crippen molar-refractivity contribution in [3.63, 3.8) is 0 Å². The van der Waals surface area contributed by atoms with Crippen LogP contribution >= 0.6 is 7.60 Å². The summed E-state index contributed by atoms with van der Waals surface area (Å²) in [5.41, 5.74) is 3.86. The number of benzene rings is 1. The van der Waals surface area contributed by atoms with Crippen molar-refractivity contribution in [2.75, 3.05) is 13.7 Å². The molecule has 0 aromatic heterocycles. The molecule has 0 aliphatic heterocycles. The quantitative estimate of drug-likeness (QED) is 0.489. The summed E-state index contributed by atoms with van der Waals surface area (Å²) >= 11 is 0. The van der Waals surface area contributed by atoms with Gasteiger partial charge in [0.05, 0.1) is 12.3 Å². The minimum atomic E-state index is -3.11. The van der Waals surface area contributed by atoms with Crippen molar-refractivity contribution in [2.24, 2.45) is 0 Å². The Balaban J connectivity index is 1.97. The SMILES string of the molecule is COP(=O)(OCCC(=O)c1c(C)cc(C)cc1C)C1CCCCC1. The lowest BCUT2D eigenvalue weighted by atomic mass is 9.95. The van der Waals surface area contributed by atoms with Crippen LogP contribution in [0.3, 0.4) is 0 Å². The van der Waals surface area contributed by atoms with E-state index in [-0.39, 0.29) is 24.5 Å². The van der Waals surface area contributed by atoms with Gasteiger partial charge in [-0.2, -0.15) is 0 Å². The Morgan fingerprint density at radius 2 is 1.71 bits per heavy atom. The molecular formula is C19H29O4P. The fourth-order valence-corrected chi connectivity index (χ4v) is 5.67. The lowest BCUT2D eigenvalue weighted by Crippen LogP contribution is -2.17. The molecule has 1 aromatic carbocycles. The minimum Gasteiger partial charge on any atom is -0.312 e. The molecular weight excluding hydrogens is 323 g/mol. The molecule has 1 aliphatic rings. The van der Waals surface area contributed by atoms with Gasteiger partial charge < -0.3 is 9.05 Å². The number of carbonyl (C=O) groups excluding carboxylic acids is 1. The van der Waals surface area contributed by atoms with Crippen molar-refractivity contribution in [1.82, 2.24) is 0 Å². The number of hydrogen-bond acceptors (Lipinski definition) is 4. The molecule has 5 heteroatoms. The van der Waals surface area contributed by atoms with Crippen molar-refractivity contribution in [3.05, 3.63) is 34.4 Å². The molecule has 2 rings (SSSR count). The molecule has 1 unspecified atom stereocenters. The monoisotopic (exact) mass is 352 g/mol. The number of ketones is 1. The maximum atomic E-state index is 12.9. The molecule has 0 N–H and O–H groups in total. The van der Waals surface area contributed by atoms with Gasteiger partial charge in [0.25, 0.3) is 0 Å². The Bertz CT molecular complexity index is 609. The van der Waals surface area contributed by atoms with Crippen LogP contribution in [0.5, 0.6) is 0 Å². The third-order valence-corrected chi connectivity index (χ3v) is 7.29. The normalized spacial score (nSPS) is 18.3. The topological polar surface area (TPSA) is 52.6 Å². The Kier molecular flexibility index (Phi) is 6.79. The number of Topliss-reactive ketones (excluding diaryl/α,β-unsaturated/α-hetero) is 1. The van der Waals surface area contributed by atoms with Gasteiger partial charge in [0.1, 0.15) is 0 Å². The molecule has 0 heterocycles. The third kappa shape index (κ3) is 4.56. The predicted molar refractivity (Wildman–Crippen MR) is 97.0 cm³/mol. The van der Waals surface area contributed by atoms with Gasteiger partial charge in [-0.3, -0.25) is 9.36 Å². The molecule has 0 saturated heterocycles. The minimum absolute atomic E-state index is 0.0193. The van der Waals surface area contributed by atoms with Gasteiger partial charge in [0.2, 0.25) is 0 Å². The summed E-state index contributed by atoms with van der Waals surface area (Å²) in [6.07, 6.45) is 5.32. The maximum absolute atomic E-state index is 12.9. The van der Waals surface area contributed by atoms with E-state index >= 15 is 0 Å². The summed E-state index contributed by atoms with van der Waals surface area (Å²) < 4.78 is 23.8. The summed E-state index contributed by atoms with van der Waals surface area (Å²) in [5.74, 6) is 0.0382. The predicted octanol–water partition coefficient (Wildman–Crippen LogP) is 5.37. The molecule has 1 aliphatic carbocycles. The van der Waals surface area contributed by atoms with Crippen LogP contribution in [-0.4, -0.2) is 25.2 Å². The van der Waals surface area contributed by atoms with Crippen molar-refractivity contribution in [3.8, 4) is 0 Å². The van der Waals surface area contributed by atoms with Crippen LogP contribution < -0.4 is 0 Å². The fraction of sp³-hybridized carbons (Fsp3) is 0.632. The summed E-state index contributed by atoms with van der Waals surface area (Å²) in [5, 5.41) is 0. The second kappa shape index (κ2) is 8.42. The lowest BCUT2D eigenvalue weighted by Gasteiger charge is -2.28. The summed E-state index contributed by atoms with van der Waals surface area (Å²) in [6, 6.07) is 4.03. The van der Waals surface area contributed by atoms with Gasteiger partial charge >= 0.3 is 7.60 Å². The smallest absolute Gasteiger partial charge is 0.312 e. The second-order valence-electron chi connectivity index (χ2n) is 6.79. The molecule has 0 amide bonds. The van der Waals surface area contributed by atoms with Crippen LogP contribution in [0.4, 0.5) is 0 Å². The molecule has 4 nitrogen and oxygen atoms in total. The summed E-state index contributed by atoms with van der Waals surface area (Å²) in [7, 11) is -1.66. The van der Waals surface area contributed by atoms with Gasteiger partial charge in [-0.25, -0.2) is 0 Å². The van der Waals surface area contributed by atoms with Crippen LogP contribution in [0.15, 0.2) is 12.1 Å². The zero-order chi connectivity index (χ0) is 17.7. The average molecular weight is 352 g/mol. The van der Waals surface area contributed by atoms with Crippen LogP contribution in [0.1, 0.15) is 65.6 Å². The van der Waals surface area contributed by atoms with Gasteiger partial charge in [-0.1, -0.05) is 37.0 Å². The van der Waals surface area contributed by atoms with Crippen molar-refractivity contribution in [1.29, 1.82) is 0 Å². The van der Waals surface area contributed by atoms with Crippen LogP contribution in [0.25, 0.3) is 0 Å². The highest BCUT2D eigenvalue weighted by Gasteiger charge is 2.35. The van der Waals surface area contributed by atoms with Gasteiger partial charge in [-0.05, 0) is 44.7 Å². The highest BCUT2D eigenvalue weighted by Crippen LogP contribution is 2.56. The van der Waals surface area contributed by atoms with E-state index in [1.54, 1.807) is 0 Å². The number of carbonyl (C=O) groups is 1. The van der Waals surface area contributed by atoms with E-state index in [9.17, 15) is 9.36 Å². The Labute approximate surface area is 145 Å². The van der Waals surface area contributed by atoms with Gasteiger partial charge in [0, 0.05) is 19.1 Å². The standard InChI is InChI=1S/C19H29O4P/c1-14-12-15(2)19(16(3)13-14)18(20)10-11-23-24(21,22-4)17-8-6-5-7-9-17/h12-13,17H,5-11H2,1-4H3. The van der Waals surface area contributed by atoms with E-state index in [1.807, 2.05) is 32.9 Å². The molecule has 0 bridgehead atoms. The Morgan fingerprint density at radius 1 is 1.12 bits per heavy atom. The van der Waals surface area contributed by atoms with Crippen molar-refractivity contribution < 1.29 is 18.4 Å². The highest BCUT2D eigenvalue weighted by molar-refractivity contribution is 7.54. The van der Waals surface area contributed by atoms with E-state index in [1.165, 1.54) is 13.5 Å². The number of rotatable bonds is 7. The zero-order valence-corrected chi connectivity index (χ0v) is 16.2. The first-order valence-electron chi connectivity index (χ1n) is 8.78. The Morgan fingerprint density at radius 3 is 2.25 bits per heavy atom. The van der Waals surface area contributed by atoms with E-state index in [0.29, 0.717) is 0 Å². The lowest BCUT2D eigenvalue weighted by molar-refractivity contribution is 0.0955. The molecule has 24 heavy (non-hydrogen) atoms. The molecule has 0 radical (unpaired) electrons. The van der Waals surface area contributed by atoms with Gasteiger partial charge in [0.15, 0.2) is 5.78 Å². The van der Waals surface area contributed by atoms with E-state index in [0.717, 1.165) is 47.9 Å². The number of aryl methyl sites for hydroxylation is 3. The average Bonchev–Trinajstić information content (AvgIpc) is 2.54. The van der Waals surface area contributed by atoms with Crippen LogP contribution in [0, 0.1) is 20.8 Å². The zero-order valence-electron chi connectivity index (χ0n) is 15.3. The summed E-state index contributed by atoms with van der Waals surface area (Å²) in [4.78, 5) is 12.5. The second-order valence-corrected chi connectivity index (χ2v) is 9.23. The molecule has 1 saturated carbocycles. The molecule has 1 fully saturated rings. The molecule has 0 spiro atoms. The first-order chi connectivity index (χ1) is 11.4. The van der Waals surface area contributed by atoms with Crippen LogP contribution in [0.2, 0.25) is 0 Å². The van der Waals surface area contributed by atoms with Crippen LogP contribution in [-0.2, 0) is 13.6 Å². The largest absolute Gasteiger partial charge is 0.333 e. The van der Waals surface area contributed by atoms with Crippen molar-refractivity contribution in [2.45, 2.75) is 65.0 Å². The van der Waals surface area contributed by atoms with E-state index in [2.05, 4.69) is 0 Å². The van der Waals surface area contributed by atoms with Crippen molar-refractivity contribution >= 4 is 13.4 Å². The first-order valence-corrected chi connectivity index (χ1v) is 10.4. The first kappa shape index (κ1) is 19.4. The highest BCUT2D eigenvalue weighted by atomic mass is 31.2. The molecule has 134 valence electrons. The Hall–Kier alpha value is -0.960. The van der Waals surface area contributed by atoms with E-state index < -0.39 is 7.60 Å². The maximum Gasteiger partial charge on any atom is 0.333 e. The fourth-order valence-electron chi connectivity index (χ4n) is 3.71. The van der Waals surface area contributed by atoms with E-state index in [4.69, 9.17) is 9.05 Å². The third-order valence-electron chi connectivity index (χ3n) is 4.83. The summed E-state index contributed by atoms with van der Waals surface area (Å²) in [6.45, 7) is 6.08. The van der Waals surface area contributed by atoms with Gasteiger partial charge in [-0.15, -0.1) is 0 Å². The number of hydrogen-bond donors (Lipinski definition) is 0.